The fourth-order valence-electron chi connectivity index (χ4n) is 9.11. The van der Waals surface area contributed by atoms with Crippen molar-refractivity contribution < 1.29 is 96.7 Å². The number of unbranched alkanes of at least 4 members (excludes halogenated alkanes) is 25. The van der Waals surface area contributed by atoms with E-state index in [1.165, 1.54) is 52.4 Å². The number of carbonyl (C=O) groups is 6. The van der Waals surface area contributed by atoms with Gasteiger partial charge >= 0.3 is 35.8 Å². The molecular formula is C60H113Cl2N2O14-. The molecule has 0 aromatic rings. The lowest BCUT2D eigenvalue weighted by Gasteiger charge is -2.30. The van der Waals surface area contributed by atoms with Gasteiger partial charge in [-0.25, -0.2) is 4.79 Å². The van der Waals surface area contributed by atoms with Gasteiger partial charge in [-0.05, 0) is 64.2 Å². The van der Waals surface area contributed by atoms with E-state index in [2.05, 4.69) is 19.2 Å². The number of aliphatic hydroxyl groups is 2. The highest BCUT2D eigenvalue weighted by atomic mass is 35.5. The lowest BCUT2D eigenvalue weighted by molar-refractivity contribution is -0.883. The van der Waals surface area contributed by atoms with Crippen molar-refractivity contribution in [1.29, 1.82) is 0 Å². The molecule has 0 heterocycles. The minimum absolute atomic E-state index is 0. The average Bonchev–Trinajstić information content (AvgIpc) is 3.36. The maximum Gasteiger partial charge on any atom is 0.362 e. The van der Waals surface area contributed by atoms with Gasteiger partial charge in [-0.15, -0.1) is 0 Å². The normalized spacial score (nSPS) is 12.8. The van der Waals surface area contributed by atoms with Gasteiger partial charge in [0.05, 0.1) is 46.1 Å². The summed E-state index contributed by atoms with van der Waals surface area (Å²) < 4.78 is 32.7. The maximum absolute atomic E-state index is 12.9. The number of ether oxygens (including phenoxy) is 6. The minimum Gasteiger partial charge on any atom is -1.00 e. The predicted octanol–water partition coefficient (Wildman–Crippen LogP) is 5.50. The monoisotopic (exact) mass is 1160 g/mol. The largest absolute Gasteiger partial charge is 1.00 e. The molecule has 0 fully saturated rings. The molecule has 0 rings (SSSR count). The van der Waals surface area contributed by atoms with Crippen molar-refractivity contribution in [2.45, 2.75) is 283 Å². The van der Waals surface area contributed by atoms with Crippen LogP contribution in [-0.2, 0) is 57.2 Å². The third-order valence-electron chi connectivity index (χ3n) is 13.8. The molecular weight excluding hydrogens is 1040 g/mol. The van der Waals surface area contributed by atoms with Gasteiger partial charge in [0.2, 0.25) is 0 Å². The highest BCUT2D eigenvalue weighted by Crippen LogP contribution is 2.21. The zero-order valence-electron chi connectivity index (χ0n) is 49.9. The fraction of sp³-hybridized carbons (Fsp3) is 0.900. The zero-order valence-corrected chi connectivity index (χ0v) is 51.4. The third kappa shape index (κ3) is 53.9. The molecule has 0 spiro atoms. The summed E-state index contributed by atoms with van der Waals surface area (Å²) in [5.41, 5.74) is 0. The summed E-state index contributed by atoms with van der Waals surface area (Å²) in [4.78, 5) is 72.0. The Morgan fingerprint density at radius 3 is 1.17 bits per heavy atom. The second-order valence-corrected chi connectivity index (χ2v) is 21.9. The number of nitrogens with one attached hydrogen (secondary N) is 1. The molecule has 16 nitrogen and oxygen atoms in total. The van der Waals surface area contributed by atoms with Crippen molar-refractivity contribution >= 4 is 35.8 Å². The number of halogens is 2. The Labute approximate surface area is 485 Å². The van der Waals surface area contributed by atoms with E-state index in [1.54, 1.807) is 0 Å². The summed E-state index contributed by atoms with van der Waals surface area (Å²) in [6.45, 7) is 9.38. The van der Waals surface area contributed by atoms with E-state index in [0.717, 1.165) is 154 Å². The molecule has 0 aromatic carbocycles. The number of hydrogen-bond acceptors (Lipinski definition) is 15. The lowest BCUT2D eigenvalue weighted by atomic mass is 9.99. The number of nitrogens with zero attached hydrogens (tertiary/aromatic N) is 1. The average molecular weight is 1160 g/mol. The van der Waals surface area contributed by atoms with Crippen LogP contribution >= 0.6 is 0 Å². The van der Waals surface area contributed by atoms with Crippen LogP contribution in [0, 0.1) is 0 Å². The highest BCUT2D eigenvalue weighted by molar-refractivity contribution is 5.72. The molecule has 3 N–H and O–H groups in total. The van der Waals surface area contributed by atoms with Crippen LogP contribution in [0.15, 0.2) is 0 Å². The number of esters is 6. The molecule has 0 aliphatic heterocycles. The van der Waals surface area contributed by atoms with Crippen molar-refractivity contribution in [3.8, 4) is 0 Å². The first-order valence-electron chi connectivity index (χ1n) is 30.5. The van der Waals surface area contributed by atoms with E-state index >= 15 is 0 Å². The first kappa shape index (κ1) is 79.5. The van der Waals surface area contributed by atoms with Crippen LogP contribution in [0.25, 0.3) is 0 Å². The Hall–Kier alpha value is -2.76. The first-order chi connectivity index (χ1) is 36.6. The van der Waals surface area contributed by atoms with Crippen molar-refractivity contribution in [3.63, 3.8) is 0 Å². The second kappa shape index (κ2) is 56.1. The zero-order chi connectivity index (χ0) is 56.3. The molecule has 462 valence electrons. The van der Waals surface area contributed by atoms with E-state index < -0.39 is 30.4 Å². The van der Waals surface area contributed by atoms with E-state index in [4.69, 9.17) is 28.4 Å². The smallest absolute Gasteiger partial charge is 0.362 e. The Kier molecular flexibility index (Phi) is 57.2. The van der Waals surface area contributed by atoms with Gasteiger partial charge in [0.25, 0.3) is 0 Å². The molecule has 0 saturated heterocycles. The van der Waals surface area contributed by atoms with Gasteiger partial charge in [0, 0.05) is 33.2 Å². The van der Waals surface area contributed by atoms with Crippen LogP contribution in [0.2, 0.25) is 0 Å². The lowest BCUT2D eigenvalue weighted by Crippen LogP contribution is -3.00. The van der Waals surface area contributed by atoms with Crippen molar-refractivity contribution in [3.05, 3.63) is 0 Å². The number of aliphatic hydroxyl groups excluding tert-OH is 2. The summed E-state index contributed by atoms with van der Waals surface area (Å²) in [5.74, 6) is -1.77. The summed E-state index contributed by atoms with van der Waals surface area (Å²) in [5, 5.41) is 24.9. The minimum atomic E-state index is -0.721. The Morgan fingerprint density at radius 2 is 0.756 bits per heavy atom. The van der Waals surface area contributed by atoms with Gasteiger partial charge in [-0.2, -0.15) is 0 Å². The number of quaternary nitrogens is 1. The van der Waals surface area contributed by atoms with E-state index in [9.17, 15) is 39.0 Å². The topological polar surface area (TPSA) is 210 Å². The molecule has 78 heavy (non-hydrogen) atoms. The molecule has 0 bridgehead atoms. The Bertz CT molecular complexity index is 1460. The van der Waals surface area contributed by atoms with Crippen LogP contribution in [0.1, 0.15) is 259 Å². The summed E-state index contributed by atoms with van der Waals surface area (Å²) >= 11 is 0. The molecule has 0 aromatic heterocycles. The molecule has 4 atom stereocenters. The summed E-state index contributed by atoms with van der Waals surface area (Å²) in [7, 11) is 3.79. The molecule has 0 radical (unpaired) electrons. The molecule has 0 aliphatic rings. The fourth-order valence-corrected chi connectivity index (χ4v) is 9.11. The highest BCUT2D eigenvalue weighted by Gasteiger charge is 2.28. The first-order valence-corrected chi connectivity index (χ1v) is 30.5. The standard InChI is InChI=1S/C60H113N2O14.2ClH/c1-7-9-11-13-23-31-39-55(75-59(69)49-61-43-47-71-51(3)63)53(65)37-29-21-19-25-33-41-57(67)73-45-35-27-17-15-16-18-28-36-46-74-58(68)42-34-26-20-22-30-38-54(66)56(40-32-24-14-12-10-8-2)76-60(70)50-62(5,6)44-48-72-52(4)64;;/h53-56,61,65-66H,7-50H2,1-6H3;2*1H/q+1;;/p-2. The van der Waals surface area contributed by atoms with Crippen LogP contribution in [0.5, 0.6) is 0 Å². The predicted molar refractivity (Wildman–Crippen MR) is 299 cm³/mol. The van der Waals surface area contributed by atoms with Crippen LogP contribution in [0.3, 0.4) is 0 Å². The van der Waals surface area contributed by atoms with Crippen LogP contribution in [-0.4, -0.2) is 142 Å². The van der Waals surface area contributed by atoms with Gasteiger partial charge < -0.3 is 73.2 Å². The SMILES string of the molecule is CCCCCCCCC(OC(=O)CNCCOC(C)=O)C(O)CCCCCCCC(=O)OCCCCCCCCCCOC(=O)CCCCCCCC(O)C(CCCCCCCC)OC(=O)C[N+](C)(C)CCOC(C)=O.[Cl-].[Cl-]. The Morgan fingerprint density at radius 1 is 0.410 bits per heavy atom. The van der Waals surface area contributed by atoms with E-state index in [1.807, 2.05) is 14.1 Å². The second-order valence-electron chi connectivity index (χ2n) is 21.9. The Balaban J connectivity index is -0.0000281. The van der Waals surface area contributed by atoms with Crippen molar-refractivity contribution in [1.82, 2.24) is 5.32 Å². The number of likely N-dealkylation sites (N-methyl/N-ethyl adjacent to an activating group) is 1. The van der Waals surface area contributed by atoms with Crippen molar-refractivity contribution in [2.24, 2.45) is 0 Å². The van der Waals surface area contributed by atoms with Crippen molar-refractivity contribution in [2.75, 3.05) is 66.7 Å². The van der Waals surface area contributed by atoms with Crippen LogP contribution in [0.4, 0.5) is 0 Å². The van der Waals surface area contributed by atoms with Gasteiger partial charge in [0.15, 0.2) is 6.54 Å². The third-order valence-corrected chi connectivity index (χ3v) is 13.8. The molecule has 0 aliphatic carbocycles. The molecule has 4 unspecified atom stereocenters. The van der Waals surface area contributed by atoms with Gasteiger partial charge in [-0.1, -0.05) is 168 Å². The van der Waals surface area contributed by atoms with Crippen LogP contribution < -0.4 is 30.1 Å². The quantitative estimate of drug-likeness (QED) is 0.0297. The molecule has 18 heteroatoms. The number of carbonyl (C=O) groups excluding carboxylic acids is 6. The summed E-state index contributed by atoms with van der Waals surface area (Å²) in [6.07, 6.45) is 31.2. The van der Waals surface area contributed by atoms with Gasteiger partial charge in [0.1, 0.15) is 32.0 Å². The van der Waals surface area contributed by atoms with E-state index in [-0.39, 0.29) is 81.0 Å². The van der Waals surface area contributed by atoms with Gasteiger partial charge in [-0.3, -0.25) is 24.0 Å². The van der Waals surface area contributed by atoms with E-state index in [0.29, 0.717) is 69.3 Å². The molecule has 0 amide bonds. The summed E-state index contributed by atoms with van der Waals surface area (Å²) in [6, 6.07) is 0. The maximum atomic E-state index is 12.9. The molecule has 0 saturated carbocycles. The number of rotatable bonds is 55. The number of hydrogen-bond donors (Lipinski definition) is 3.